The summed E-state index contributed by atoms with van der Waals surface area (Å²) in [4.78, 5) is 25.7. The molecule has 2 aliphatic rings. The van der Waals surface area contributed by atoms with Gasteiger partial charge in [0.05, 0.1) is 36.1 Å². The van der Waals surface area contributed by atoms with Crippen LogP contribution < -0.4 is 0 Å². The molecule has 34 heavy (non-hydrogen) atoms. The third kappa shape index (κ3) is 4.46. The number of rotatable bonds is 5. The molecule has 1 aromatic carbocycles. The highest BCUT2D eigenvalue weighted by Gasteiger charge is 2.41. The van der Waals surface area contributed by atoms with Crippen LogP contribution in [0, 0.1) is 11.7 Å². The van der Waals surface area contributed by atoms with E-state index in [4.69, 9.17) is 14.5 Å². The topological polar surface area (TPSA) is 101 Å². The summed E-state index contributed by atoms with van der Waals surface area (Å²) in [5.74, 6) is -0.771. The summed E-state index contributed by atoms with van der Waals surface area (Å²) in [7, 11) is 0. The molecular formula is C25H27FN4O4. The number of pyridine rings is 1. The monoisotopic (exact) mass is 466 g/mol. The number of aliphatic carboxylic acids is 1. The molecular weight excluding hydrogens is 439 g/mol. The predicted molar refractivity (Wildman–Crippen MR) is 122 cm³/mol. The van der Waals surface area contributed by atoms with Crippen LogP contribution in [0.2, 0.25) is 0 Å². The van der Waals surface area contributed by atoms with E-state index in [0.717, 1.165) is 16.8 Å². The van der Waals surface area contributed by atoms with Crippen molar-refractivity contribution in [3.63, 3.8) is 0 Å². The van der Waals surface area contributed by atoms with Gasteiger partial charge in [-0.05, 0) is 69.3 Å². The number of nitrogens with zero attached hydrogens (tertiary/aromatic N) is 3. The van der Waals surface area contributed by atoms with Crippen molar-refractivity contribution < 1.29 is 23.8 Å². The first-order valence-electron chi connectivity index (χ1n) is 11.4. The molecule has 0 radical (unpaired) electrons. The average molecular weight is 467 g/mol. The Balaban J connectivity index is 1.35. The Morgan fingerprint density at radius 2 is 1.74 bits per heavy atom. The van der Waals surface area contributed by atoms with Gasteiger partial charge in [-0.1, -0.05) is 0 Å². The fraction of sp³-hybridized carbons (Fsp3) is 0.400. The van der Waals surface area contributed by atoms with Gasteiger partial charge in [-0.15, -0.1) is 0 Å². The maximum atomic E-state index is 13.5. The summed E-state index contributed by atoms with van der Waals surface area (Å²) in [6.07, 6.45) is 4.00. The second-order valence-corrected chi connectivity index (χ2v) is 9.14. The fourth-order valence-corrected chi connectivity index (χ4v) is 4.65. The molecule has 2 N–H and O–H groups in total. The quantitative estimate of drug-likeness (QED) is 0.589. The first-order chi connectivity index (χ1) is 16.4. The van der Waals surface area contributed by atoms with Crippen molar-refractivity contribution in [1.29, 1.82) is 0 Å². The Hall–Kier alpha value is -3.14. The minimum Gasteiger partial charge on any atom is -0.481 e. The SMILES string of the molecule is CC1(N2CCC(C(=O)O)CC2)COC(c2nc(-c3ccc(F)cc3)c(-c3ccncc3)[nH]2)OC1. The second kappa shape index (κ2) is 9.25. The second-order valence-electron chi connectivity index (χ2n) is 9.14. The molecule has 0 aliphatic carbocycles. The number of benzene rings is 1. The number of carboxylic acids is 1. The third-order valence-corrected chi connectivity index (χ3v) is 6.73. The molecule has 0 saturated carbocycles. The number of H-pyrrole nitrogens is 1. The van der Waals surface area contributed by atoms with Crippen LogP contribution in [0.15, 0.2) is 48.8 Å². The van der Waals surface area contributed by atoms with Crippen molar-refractivity contribution in [3.05, 3.63) is 60.4 Å². The van der Waals surface area contributed by atoms with Crippen LogP contribution in [0.25, 0.3) is 22.5 Å². The summed E-state index contributed by atoms with van der Waals surface area (Å²) in [6, 6.07) is 9.97. The standard InChI is InChI=1S/C25H27FN4O4/c1-25(30-12-8-18(9-13-30)23(31)32)14-33-24(34-15-25)22-28-20(16-2-4-19(26)5-3-16)21(29-22)17-6-10-27-11-7-17/h2-7,10-11,18,24H,8-9,12-15H2,1H3,(H,28,29)(H,31,32). The molecule has 2 fully saturated rings. The normalized spacial score (nSPS) is 24.2. The Bertz CT molecular complexity index is 1140. The molecule has 0 atom stereocenters. The molecule has 0 bridgehead atoms. The summed E-state index contributed by atoms with van der Waals surface area (Å²) in [6.45, 7) is 4.36. The summed E-state index contributed by atoms with van der Waals surface area (Å²) < 4.78 is 25.7. The van der Waals surface area contributed by atoms with E-state index in [9.17, 15) is 14.3 Å². The summed E-state index contributed by atoms with van der Waals surface area (Å²) in [5.41, 5.74) is 2.80. The molecule has 9 heteroatoms. The van der Waals surface area contributed by atoms with Crippen molar-refractivity contribution in [2.24, 2.45) is 5.92 Å². The molecule has 3 aromatic rings. The van der Waals surface area contributed by atoms with Gasteiger partial charge in [0.25, 0.3) is 0 Å². The zero-order valence-electron chi connectivity index (χ0n) is 18.9. The minimum atomic E-state index is -0.721. The zero-order chi connectivity index (χ0) is 23.7. The average Bonchev–Trinajstić information content (AvgIpc) is 3.31. The van der Waals surface area contributed by atoms with Crippen molar-refractivity contribution in [2.45, 2.75) is 31.6 Å². The van der Waals surface area contributed by atoms with Gasteiger partial charge in [-0.2, -0.15) is 0 Å². The molecule has 0 spiro atoms. The number of hydrogen-bond acceptors (Lipinski definition) is 6. The Morgan fingerprint density at radius 1 is 1.09 bits per heavy atom. The van der Waals surface area contributed by atoms with Crippen LogP contribution in [-0.4, -0.2) is 62.8 Å². The van der Waals surface area contributed by atoms with E-state index in [1.165, 1.54) is 12.1 Å². The summed E-state index contributed by atoms with van der Waals surface area (Å²) >= 11 is 0. The first-order valence-corrected chi connectivity index (χ1v) is 11.4. The highest BCUT2D eigenvalue weighted by atomic mass is 19.1. The number of hydrogen-bond donors (Lipinski definition) is 2. The zero-order valence-corrected chi connectivity index (χ0v) is 18.9. The van der Waals surface area contributed by atoms with Gasteiger partial charge in [0, 0.05) is 23.5 Å². The van der Waals surface area contributed by atoms with Crippen LogP contribution in [-0.2, 0) is 14.3 Å². The number of ether oxygens (including phenoxy) is 2. The number of imidazole rings is 1. The number of likely N-dealkylation sites (tertiary alicyclic amines) is 1. The van der Waals surface area contributed by atoms with Gasteiger partial charge in [-0.3, -0.25) is 14.7 Å². The number of halogens is 1. The fourth-order valence-electron chi connectivity index (χ4n) is 4.65. The predicted octanol–water partition coefficient (Wildman–Crippen LogP) is 3.88. The van der Waals surface area contributed by atoms with Crippen LogP contribution in [0.5, 0.6) is 0 Å². The van der Waals surface area contributed by atoms with Crippen LogP contribution in [0.3, 0.4) is 0 Å². The maximum absolute atomic E-state index is 13.5. The minimum absolute atomic E-state index is 0.280. The number of aromatic amines is 1. The number of nitrogens with one attached hydrogen (secondary N) is 1. The molecule has 0 unspecified atom stereocenters. The van der Waals surface area contributed by atoms with Gasteiger partial charge < -0.3 is 19.6 Å². The lowest BCUT2D eigenvalue weighted by Gasteiger charge is -2.47. The largest absolute Gasteiger partial charge is 0.481 e. The van der Waals surface area contributed by atoms with E-state index >= 15 is 0 Å². The van der Waals surface area contributed by atoms with Gasteiger partial charge in [0.15, 0.2) is 5.82 Å². The van der Waals surface area contributed by atoms with E-state index in [2.05, 4.69) is 21.8 Å². The molecule has 178 valence electrons. The molecule has 2 aliphatic heterocycles. The first kappa shape index (κ1) is 22.6. The van der Waals surface area contributed by atoms with E-state index in [0.29, 0.717) is 50.7 Å². The summed E-state index contributed by atoms with van der Waals surface area (Å²) in [5, 5.41) is 9.26. The lowest BCUT2D eigenvalue weighted by Crippen LogP contribution is -2.58. The number of carbonyl (C=O) groups is 1. The number of carboxylic acid groups (broad SMARTS) is 1. The smallest absolute Gasteiger partial charge is 0.306 e. The number of aromatic nitrogens is 3. The van der Waals surface area contributed by atoms with Crippen molar-refractivity contribution >= 4 is 5.97 Å². The Kier molecular flexibility index (Phi) is 6.16. The van der Waals surface area contributed by atoms with Crippen molar-refractivity contribution in [1.82, 2.24) is 19.9 Å². The van der Waals surface area contributed by atoms with E-state index in [-0.39, 0.29) is 17.3 Å². The molecule has 0 amide bonds. The Morgan fingerprint density at radius 3 is 2.35 bits per heavy atom. The Labute approximate surface area is 196 Å². The van der Waals surface area contributed by atoms with Gasteiger partial charge >= 0.3 is 5.97 Å². The van der Waals surface area contributed by atoms with Gasteiger partial charge in [0.2, 0.25) is 6.29 Å². The highest BCUT2D eigenvalue weighted by Crippen LogP contribution is 2.36. The molecule has 5 rings (SSSR count). The highest BCUT2D eigenvalue weighted by molar-refractivity contribution is 5.78. The van der Waals surface area contributed by atoms with Crippen molar-refractivity contribution in [3.8, 4) is 22.5 Å². The maximum Gasteiger partial charge on any atom is 0.306 e. The molecule has 2 aromatic heterocycles. The third-order valence-electron chi connectivity index (χ3n) is 6.73. The van der Waals surface area contributed by atoms with E-state index in [1.807, 2.05) is 12.1 Å². The van der Waals surface area contributed by atoms with Crippen LogP contribution >= 0.6 is 0 Å². The van der Waals surface area contributed by atoms with E-state index in [1.54, 1.807) is 24.5 Å². The van der Waals surface area contributed by atoms with Gasteiger partial charge in [-0.25, -0.2) is 9.37 Å². The molecule has 4 heterocycles. The molecule has 2 saturated heterocycles. The van der Waals surface area contributed by atoms with E-state index < -0.39 is 12.3 Å². The lowest BCUT2D eigenvalue weighted by atomic mass is 9.92. The van der Waals surface area contributed by atoms with Crippen LogP contribution in [0.1, 0.15) is 31.9 Å². The van der Waals surface area contributed by atoms with Crippen molar-refractivity contribution in [2.75, 3.05) is 26.3 Å². The van der Waals surface area contributed by atoms with Gasteiger partial charge in [0.1, 0.15) is 5.82 Å². The number of piperidine rings is 1. The van der Waals surface area contributed by atoms with Crippen LogP contribution in [0.4, 0.5) is 4.39 Å². The molecule has 8 nitrogen and oxygen atoms in total. The lowest BCUT2D eigenvalue weighted by molar-refractivity contribution is -0.240.